The van der Waals surface area contributed by atoms with Gasteiger partial charge in [-0.25, -0.2) is 0 Å². The molecule has 1 unspecified atom stereocenters. The molecule has 0 aromatic rings. The molecule has 1 amide bonds. The van der Waals surface area contributed by atoms with Crippen LogP contribution < -0.4 is 10.6 Å². The van der Waals surface area contributed by atoms with Crippen LogP contribution in [0.1, 0.15) is 45.4 Å². The van der Waals surface area contributed by atoms with Crippen molar-refractivity contribution in [3.63, 3.8) is 0 Å². The van der Waals surface area contributed by atoms with Gasteiger partial charge in [-0.05, 0) is 39.2 Å². The lowest BCUT2D eigenvalue weighted by molar-refractivity contribution is -0.137. The molecule has 3 N–H and O–H groups in total. The van der Waals surface area contributed by atoms with Crippen LogP contribution >= 0.6 is 0 Å². The molecule has 17 heavy (non-hydrogen) atoms. The number of carboxylic acid groups (broad SMARTS) is 1. The number of carbonyl (C=O) groups is 2. The second-order valence-corrected chi connectivity index (χ2v) is 4.73. The van der Waals surface area contributed by atoms with Gasteiger partial charge in [-0.1, -0.05) is 0 Å². The first-order chi connectivity index (χ1) is 8.08. The smallest absolute Gasteiger partial charge is 0.303 e. The highest BCUT2D eigenvalue weighted by molar-refractivity contribution is 5.76. The first-order valence-corrected chi connectivity index (χ1v) is 6.32. The normalized spacial score (nSPS) is 16.5. The molecule has 1 rings (SSSR count). The minimum Gasteiger partial charge on any atom is -0.481 e. The Hall–Kier alpha value is -1.10. The average Bonchev–Trinajstić information content (AvgIpc) is 3.05. The third-order valence-corrected chi connectivity index (χ3v) is 2.81. The Morgan fingerprint density at radius 3 is 2.65 bits per heavy atom. The molecule has 0 aromatic heterocycles. The molecule has 0 heterocycles. The van der Waals surface area contributed by atoms with Crippen molar-refractivity contribution in [2.75, 3.05) is 6.54 Å². The monoisotopic (exact) mass is 242 g/mol. The molecule has 5 nitrogen and oxygen atoms in total. The predicted octanol–water partition coefficient (Wildman–Crippen LogP) is 0.888. The van der Waals surface area contributed by atoms with E-state index in [2.05, 4.69) is 10.6 Å². The van der Waals surface area contributed by atoms with E-state index < -0.39 is 5.97 Å². The molecule has 0 radical (unpaired) electrons. The van der Waals surface area contributed by atoms with Crippen molar-refractivity contribution in [3.8, 4) is 0 Å². The summed E-state index contributed by atoms with van der Waals surface area (Å²) in [5, 5.41) is 14.7. The molecule has 0 bridgehead atoms. The second-order valence-electron chi connectivity index (χ2n) is 4.73. The van der Waals surface area contributed by atoms with Gasteiger partial charge in [-0.15, -0.1) is 0 Å². The Morgan fingerprint density at radius 2 is 2.06 bits per heavy atom. The van der Waals surface area contributed by atoms with E-state index in [0.717, 1.165) is 25.8 Å². The number of carbonyl (C=O) groups excluding carboxylic acids is 1. The minimum absolute atomic E-state index is 0.132. The maximum Gasteiger partial charge on any atom is 0.303 e. The van der Waals surface area contributed by atoms with Crippen molar-refractivity contribution < 1.29 is 14.7 Å². The Balaban J connectivity index is 1.91. The van der Waals surface area contributed by atoms with E-state index in [9.17, 15) is 9.59 Å². The fraction of sp³-hybridized carbons (Fsp3) is 0.833. The number of aliphatic carboxylic acids is 1. The zero-order valence-electron chi connectivity index (χ0n) is 10.4. The Labute approximate surface area is 102 Å². The fourth-order valence-electron chi connectivity index (χ4n) is 1.57. The van der Waals surface area contributed by atoms with Crippen molar-refractivity contribution in [1.82, 2.24) is 10.6 Å². The summed E-state index contributed by atoms with van der Waals surface area (Å²) >= 11 is 0. The van der Waals surface area contributed by atoms with Gasteiger partial charge in [0.25, 0.3) is 0 Å². The topological polar surface area (TPSA) is 78.4 Å². The van der Waals surface area contributed by atoms with Crippen LogP contribution in [0.15, 0.2) is 0 Å². The Bertz CT molecular complexity index is 264. The van der Waals surface area contributed by atoms with Crippen LogP contribution in [0.25, 0.3) is 0 Å². The largest absolute Gasteiger partial charge is 0.481 e. The lowest BCUT2D eigenvalue weighted by atomic mass is 10.2. The SMILES string of the molecule is CC(CCC(=O)O)NCCCC(=O)NC1CC1. The molecule has 5 heteroatoms. The van der Waals surface area contributed by atoms with Gasteiger partial charge in [0.15, 0.2) is 0 Å². The van der Waals surface area contributed by atoms with Gasteiger partial charge in [0.1, 0.15) is 0 Å². The highest BCUT2D eigenvalue weighted by Crippen LogP contribution is 2.18. The van der Waals surface area contributed by atoms with Crippen LogP contribution in [-0.2, 0) is 9.59 Å². The number of hydrogen-bond donors (Lipinski definition) is 3. The standard InChI is InChI=1S/C12H22N2O3/c1-9(4-7-12(16)17)13-8-2-3-11(15)14-10-5-6-10/h9-10,13H,2-8H2,1H3,(H,14,15)(H,16,17). The van der Waals surface area contributed by atoms with E-state index in [1.807, 2.05) is 6.92 Å². The number of rotatable bonds is 9. The molecule has 1 saturated carbocycles. The Morgan fingerprint density at radius 1 is 1.35 bits per heavy atom. The quantitative estimate of drug-likeness (QED) is 0.525. The third-order valence-electron chi connectivity index (χ3n) is 2.81. The number of nitrogens with one attached hydrogen (secondary N) is 2. The molecule has 0 aliphatic heterocycles. The van der Waals surface area contributed by atoms with Gasteiger partial charge >= 0.3 is 5.97 Å². The van der Waals surface area contributed by atoms with E-state index in [4.69, 9.17) is 5.11 Å². The third kappa shape index (κ3) is 7.74. The van der Waals surface area contributed by atoms with Crippen LogP contribution in [0.4, 0.5) is 0 Å². The van der Waals surface area contributed by atoms with Crippen molar-refractivity contribution >= 4 is 11.9 Å². The second kappa shape index (κ2) is 7.27. The predicted molar refractivity (Wildman–Crippen MR) is 64.7 cm³/mol. The summed E-state index contributed by atoms with van der Waals surface area (Å²) < 4.78 is 0. The average molecular weight is 242 g/mol. The van der Waals surface area contributed by atoms with Crippen molar-refractivity contribution in [1.29, 1.82) is 0 Å². The summed E-state index contributed by atoms with van der Waals surface area (Å²) in [5.74, 6) is -0.630. The number of amides is 1. The lowest BCUT2D eigenvalue weighted by Gasteiger charge is -2.12. The summed E-state index contributed by atoms with van der Waals surface area (Å²) in [6.45, 7) is 2.73. The van der Waals surface area contributed by atoms with E-state index in [-0.39, 0.29) is 18.4 Å². The van der Waals surface area contributed by atoms with Crippen LogP contribution in [0.3, 0.4) is 0 Å². The molecule has 1 fully saturated rings. The summed E-state index contributed by atoms with van der Waals surface area (Å²) in [5.41, 5.74) is 0. The van der Waals surface area contributed by atoms with Crippen molar-refractivity contribution in [2.24, 2.45) is 0 Å². The van der Waals surface area contributed by atoms with Gasteiger partial charge in [-0.2, -0.15) is 0 Å². The van der Waals surface area contributed by atoms with Crippen molar-refractivity contribution in [2.45, 2.75) is 57.5 Å². The summed E-state index contributed by atoms with van der Waals surface area (Å²) in [6.07, 6.45) is 4.41. The fourth-order valence-corrected chi connectivity index (χ4v) is 1.57. The highest BCUT2D eigenvalue weighted by Gasteiger charge is 2.22. The van der Waals surface area contributed by atoms with E-state index in [1.54, 1.807) is 0 Å². The summed E-state index contributed by atoms with van der Waals surface area (Å²) in [4.78, 5) is 21.7. The van der Waals surface area contributed by atoms with Gasteiger partial charge in [0.2, 0.25) is 5.91 Å². The molecule has 1 aliphatic rings. The molecule has 0 aromatic carbocycles. The molecule has 0 saturated heterocycles. The van der Waals surface area contributed by atoms with Crippen LogP contribution in [0.2, 0.25) is 0 Å². The van der Waals surface area contributed by atoms with Crippen LogP contribution in [0, 0.1) is 0 Å². The molecule has 1 aliphatic carbocycles. The number of hydrogen-bond acceptors (Lipinski definition) is 3. The van der Waals surface area contributed by atoms with Gasteiger partial charge in [0, 0.05) is 24.9 Å². The molecule has 98 valence electrons. The van der Waals surface area contributed by atoms with Gasteiger partial charge in [-0.3, -0.25) is 9.59 Å². The zero-order chi connectivity index (χ0) is 12.7. The van der Waals surface area contributed by atoms with E-state index >= 15 is 0 Å². The summed E-state index contributed by atoms with van der Waals surface area (Å²) in [7, 11) is 0. The van der Waals surface area contributed by atoms with Gasteiger partial charge in [0.05, 0.1) is 0 Å². The number of carboxylic acids is 1. The minimum atomic E-state index is -0.762. The lowest BCUT2D eigenvalue weighted by Crippen LogP contribution is -2.30. The van der Waals surface area contributed by atoms with Crippen LogP contribution in [0.5, 0.6) is 0 Å². The Kier molecular flexibility index (Phi) is 5.97. The molecule has 0 spiro atoms. The molecular weight excluding hydrogens is 220 g/mol. The van der Waals surface area contributed by atoms with Gasteiger partial charge < -0.3 is 15.7 Å². The van der Waals surface area contributed by atoms with Crippen molar-refractivity contribution in [3.05, 3.63) is 0 Å². The first kappa shape index (κ1) is 14.0. The maximum absolute atomic E-state index is 11.3. The first-order valence-electron chi connectivity index (χ1n) is 6.32. The highest BCUT2D eigenvalue weighted by atomic mass is 16.4. The molecular formula is C12H22N2O3. The molecule has 1 atom stereocenters. The van der Waals surface area contributed by atoms with E-state index in [1.165, 1.54) is 0 Å². The van der Waals surface area contributed by atoms with E-state index in [0.29, 0.717) is 18.9 Å². The zero-order valence-corrected chi connectivity index (χ0v) is 10.4. The van der Waals surface area contributed by atoms with Crippen LogP contribution in [-0.4, -0.2) is 35.6 Å². The summed E-state index contributed by atoms with van der Waals surface area (Å²) in [6, 6.07) is 0.627. The maximum atomic E-state index is 11.3.